The highest BCUT2D eigenvalue weighted by Crippen LogP contribution is 2.21. The zero-order valence-electron chi connectivity index (χ0n) is 16.6. The molecule has 0 radical (unpaired) electrons. The maximum Gasteiger partial charge on any atom is 0.320 e. The van der Waals surface area contributed by atoms with Gasteiger partial charge < -0.3 is 10.4 Å². The van der Waals surface area contributed by atoms with Crippen LogP contribution in [0.25, 0.3) is 16.6 Å². The summed E-state index contributed by atoms with van der Waals surface area (Å²) >= 11 is 0. The van der Waals surface area contributed by atoms with E-state index >= 15 is 0 Å². The Morgan fingerprint density at radius 3 is 2.63 bits per heavy atom. The number of amides is 2. The number of anilines is 1. The molecule has 30 heavy (non-hydrogen) atoms. The third-order valence-corrected chi connectivity index (χ3v) is 4.75. The van der Waals surface area contributed by atoms with Crippen molar-refractivity contribution < 1.29 is 9.90 Å². The molecular weight excluding hydrogens is 380 g/mol. The van der Waals surface area contributed by atoms with E-state index in [0.29, 0.717) is 5.82 Å². The number of rotatable bonds is 5. The van der Waals surface area contributed by atoms with Crippen LogP contribution in [-0.2, 0) is 0 Å². The van der Waals surface area contributed by atoms with Gasteiger partial charge in [0.25, 0.3) is 0 Å². The van der Waals surface area contributed by atoms with E-state index in [1.165, 1.54) is 0 Å². The quantitative estimate of drug-likeness (QED) is 0.475. The van der Waals surface area contributed by atoms with E-state index in [1.54, 1.807) is 36.3 Å². The molecule has 2 atom stereocenters. The maximum atomic E-state index is 12.5. The molecule has 0 saturated heterocycles. The van der Waals surface area contributed by atoms with Crippen LogP contribution in [0.3, 0.4) is 0 Å². The molecule has 3 N–H and O–H groups in total. The van der Waals surface area contributed by atoms with Gasteiger partial charge in [-0.1, -0.05) is 30.3 Å². The number of aliphatic hydroxyl groups excluding tert-OH is 1. The topological polar surface area (TPSA) is 105 Å². The van der Waals surface area contributed by atoms with Gasteiger partial charge in [-0.05, 0) is 37.6 Å². The number of carbonyl (C=O) groups is 1. The van der Waals surface area contributed by atoms with Crippen LogP contribution in [0.1, 0.15) is 24.2 Å². The average molecular weight is 402 g/mol. The Morgan fingerprint density at radius 1 is 1.10 bits per heavy atom. The summed E-state index contributed by atoms with van der Waals surface area (Å²) in [5.41, 5.74) is 3.42. The zero-order valence-corrected chi connectivity index (χ0v) is 16.6. The van der Waals surface area contributed by atoms with Gasteiger partial charge in [-0.15, -0.1) is 0 Å². The Hall–Kier alpha value is -3.78. The number of hydrogen-bond acceptors (Lipinski definition) is 5. The van der Waals surface area contributed by atoms with E-state index < -0.39 is 18.2 Å². The Labute approximate surface area is 173 Å². The summed E-state index contributed by atoms with van der Waals surface area (Å²) in [5.74, 6) is 0.392. The minimum absolute atomic E-state index is 0.392. The fourth-order valence-electron chi connectivity index (χ4n) is 3.30. The predicted octanol–water partition coefficient (Wildman–Crippen LogP) is 3.37. The summed E-state index contributed by atoms with van der Waals surface area (Å²) in [4.78, 5) is 21.0. The van der Waals surface area contributed by atoms with Gasteiger partial charge in [0, 0.05) is 17.3 Å². The number of nitrogens with zero attached hydrogens (tertiary/aromatic N) is 4. The van der Waals surface area contributed by atoms with Crippen molar-refractivity contribution in [2.75, 3.05) is 5.32 Å². The van der Waals surface area contributed by atoms with Crippen LogP contribution in [0.15, 0.2) is 67.1 Å². The highest BCUT2D eigenvalue weighted by Gasteiger charge is 2.20. The van der Waals surface area contributed by atoms with E-state index in [4.69, 9.17) is 0 Å². The molecule has 8 heteroatoms. The summed E-state index contributed by atoms with van der Waals surface area (Å²) in [6, 6.07) is 13.9. The number of urea groups is 1. The summed E-state index contributed by atoms with van der Waals surface area (Å²) in [7, 11) is 0. The van der Waals surface area contributed by atoms with Crippen molar-refractivity contribution in [3.05, 3.63) is 78.4 Å². The van der Waals surface area contributed by atoms with Crippen molar-refractivity contribution in [3.63, 3.8) is 0 Å². The molecular formula is C22H22N6O2. The predicted molar refractivity (Wildman–Crippen MR) is 114 cm³/mol. The SMILES string of the molecule is Cc1cc(-n2ncc3cc(NC(=O)N[C@@H](c4ccccc4)C(C)O)ncc32)ccn1. The molecule has 0 spiro atoms. The molecule has 1 aromatic carbocycles. The smallest absolute Gasteiger partial charge is 0.320 e. The molecule has 1 unspecified atom stereocenters. The number of nitrogens with one attached hydrogen (secondary N) is 2. The lowest BCUT2D eigenvalue weighted by atomic mass is 10.0. The van der Waals surface area contributed by atoms with Crippen LogP contribution >= 0.6 is 0 Å². The van der Waals surface area contributed by atoms with Crippen LogP contribution in [0.2, 0.25) is 0 Å². The molecule has 0 aliphatic heterocycles. The van der Waals surface area contributed by atoms with Crippen molar-refractivity contribution >= 4 is 22.8 Å². The first kappa shape index (κ1) is 19.5. The summed E-state index contributed by atoms with van der Waals surface area (Å²) in [6.45, 7) is 3.56. The lowest BCUT2D eigenvalue weighted by Crippen LogP contribution is -2.37. The monoisotopic (exact) mass is 402 g/mol. The summed E-state index contributed by atoms with van der Waals surface area (Å²) in [6.07, 6.45) is 4.36. The van der Waals surface area contributed by atoms with Crippen LogP contribution in [0.5, 0.6) is 0 Å². The molecule has 4 aromatic rings. The second kappa shape index (κ2) is 8.30. The van der Waals surface area contributed by atoms with E-state index in [0.717, 1.165) is 27.8 Å². The Morgan fingerprint density at radius 2 is 1.90 bits per heavy atom. The van der Waals surface area contributed by atoms with Gasteiger partial charge in [-0.25, -0.2) is 14.5 Å². The van der Waals surface area contributed by atoms with Crippen LogP contribution in [0.4, 0.5) is 10.6 Å². The van der Waals surface area contributed by atoms with Gasteiger partial charge in [0.15, 0.2) is 0 Å². The first-order valence-corrected chi connectivity index (χ1v) is 9.58. The van der Waals surface area contributed by atoms with Crippen molar-refractivity contribution in [2.24, 2.45) is 0 Å². The van der Waals surface area contributed by atoms with E-state index in [-0.39, 0.29) is 0 Å². The van der Waals surface area contributed by atoms with Crippen molar-refractivity contribution in [1.29, 1.82) is 0 Å². The van der Waals surface area contributed by atoms with Gasteiger partial charge in [0.2, 0.25) is 0 Å². The summed E-state index contributed by atoms with van der Waals surface area (Å²) in [5, 5.41) is 20.9. The maximum absolute atomic E-state index is 12.5. The number of hydrogen-bond donors (Lipinski definition) is 3. The molecule has 0 aliphatic rings. The number of benzene rings is 1. The van der Waals surface area contributed by atoms with Gasteiger partial charge in [-0.3, -0.25) is 10.3 Å². The number of carbonyl (C=O) groups excluding carboxylic acids is 1. The van der Waals surface area contributed by atoms with Gasteiger partial charge >= 0.3 is 6.03 Å². The van der Waals surface area contributed by atoms with Crippen LogP contribution in [0, 0.1) is 6.92 Å². The number of pyridine rings is 2. The van der Waals surface area contributed by atoms with Gasteiger partial charge in [-0.2, -0.15) is 5.10 Å². The molecule has 0 bridgehead atoms. The molecule has 0 saturated carbocycles. The number of aryl methyl sites for hydroxylation is 1. The molecule has 0 aliphatic carbocycles. The molecule has 0 fully saturated rings. The first-order valence-electron chi connectivity index (χ1n) is 9.58. The average Bonchev–Trinajstić information content (AvgIpc) is 3.16. The van der Waals surface area contributed by atoms with Crippen LogP contribution < -0.4 is 10.6 Å². The van der Waals surface area contributed by atoms with E-state index in [9.17, 15) is 9.90 Å². The minimum atomic E-state index is -0.754. The third kappa shape index (κ3) is 4.13. The molecule has 152 valence electrons. The minimum Gasteiger partial charge on any atom is -0.391 e. The zero-order chi connectivity index (χ0) is 21.1. The normalized spacial score (nSPS) is 13.0. The third-order valence-electron chi connectivity index (χ3n) is 4.75. The Bertz CT molecular complexity index is 1170. The highest BCUT2D eigenvalue weighted by atomic mass is 16.3. The van der Waals surface area contributed by atoms with E-state index in [1.807, 2.05) is 49.4 Å². The lowest BCUT2D eigenvalue weighted by molar-refractivity contribution is 0.148. The van der Waals surface area contributed by atoms with Crippen molar-refractivity contribution in [2.45, 2.75) is 26.0 Å². The van der Waals surface area contributed by atoms with Gasteiger partial charge in [0.1, 0.15) is 5.82 Å². The fraction of sp³-hybridized carbons (Fsp3) is 0.182. The second-order valence-electron chi connectivity index (χ2n) is 7.07. The number of fused-ring (bicyclic) bond motifs is 1. The first-order chi connectivity index (χ1) is 14.5. The van der Waals surface area contributed by atoms with Gasteiger partial charge in [0.05, 0.1) is 35.7 Å². The number of aromatic nitrogens is 4. The lowest BCUT2D eigenvalue weighted by Gasteiger charge is -2.22. The molecule has 2 amide bonds. The van der Waals surface area contributed by atoms with Crippen LogP contribution in [-0.4, -0.2) is 37.0 Å². The Balaban J connectivity index is 1.52. The highest BCUT2D eigenvalue weighted by molar-refractivity contribution is 5.91. The molecule has 8 nitrogen and oxygen atoms in total. The molecule has 3 heterocycles. The number of aliphatic hydroxyl groups is 1. The summed E-state index contributed by atoms with van der Waals surface area (Å²) < 4.78 is 1.78. The standard InChI is InChI=1S/C22H22N6O2/c1-14-10-18(8-9-23-14)28-19-13-24-20(11-17(19)12-25-28)26-22(30)27-21(15(2)29)16-6-4-3-5-7-16/h3-13,15,21,29H,1-2H3,(H2,24,26,27,30)/t15?,21-/m1/s1. The largest absolute Gasteiger partial charge is 0.391 e. The molecule has 3 aromatic heterocycles. The Kier molecular flexibility index (Phi) is 5.40. The van der Waals surface area contributed by atoms with Crippen molar-refractivity contribution in [3.8, 4) is 5.69 Å². The fourth-order valence-corrected chi connectivity index (χ4v) is 3.30. The van der Waals surface area contributed by atoms with Crippen molar-refractivity contribution in [1.82, 2.24) is 25.1 Å². The van der Waals surface area contributed by atoms with E-state index in [2.05, 4.69) is 25.7 Å². The molecule has 4 rings (SSSR count). The second-order valence-corrected chi connectivity index (χ2v) is 7.07.